The molecule has 22 heavy (non-hydrogen) atoms. The van der Waals surface area contributed by atoms with Crippen LogP contribution >= 0.6 is 0 Å². The van der Waals surface area contributed by atoms with Crippen LogP contribution in [0.1, 0.15) is 24.8 Å². The maximum Gasteiger partial charge on any atom is 0.220 e. The third kappa shape index (κ3) is 5.73. The molecule has 0 aromatic heterocycles. The summed E-state index contributed by atoms with van der Waals surface area (Å²) in [5.41, 5.74) is 0.971. The number of carbonyl (C=O) groups excluding carboxylic acids is 1. The maximum absolute atomic E-state index is 12.8. The average molecular weight is 308 g/mol. The number of halogens is 1. The van der Waals surface area contributed by atoms with Crippen LogP contribution in [0.4, 0.5) is 4.39 Å². The summed E-state index contributed by atoms with van der Waals surface area (Å²) in [5, 5.41) is 12.1. The van der Waals surface area contributed by atoms with E-state index < -0.39 is 0 Å². The Morgan fingerprint density at radius 2 is 2.14 bits per heavy atom. The summed E-state index contributed by atoms with van der Waals surface area (Å²) >= 11 is 0. The molecular formula is C17H25FN2O2. The number of piperidine rings is 1. The highest BCUT2D eigenvalue weighted by molar-refractivity contribution is 5.76. The van der Waals surface area contributed by atoms with Crippen molar-refractivity contribution < 1.29 is 14.3 Å². The number of nitrogens with zero attached hydrogens (tertiary/aromatic N) is 1. The van der Waals surface area contributed by atoms with E-state index >= 15 is 0 Å². The van der Waals surface area contributed by atoms with E-state index in [0.717, 1.165) is 38.0 Å². The van der Waals surface area contributed by atoms with E-state index in [-0.39, 0.29) is 18.3 Å². The lowest BCUT2D eigenvalue weighted by atomic mass is 9.99. The monoisotopic (exact) mass is 308 g/mol. The van der Waals surface area contributed by atoms with Crippen LogP contribution < -0.4 is 5.32 Å². The van der Waals surface area contributed by atoms with Crippen molar-refractivity contribution in [2.75, 3.05) is 32.8 Å². The minimum absolute atomic E-state index is 0.0278. The van der Waals surface area contributed by atoms with Crippen LogP contribution in [0.25, 0.3) is 0 Å². The first kappa shape index (κ1) is 16.9. The van der Waals surface area contributed by atoms with Crippen LogP contribution in [-0.4, -0.2) is 48.7 Å². The van der Waals surface area contributed by atoms with E-state index in [9.17, 15) is 14.3 Å². The van der Waals surface area contributed by atoms with E-state index in [1.165, 1.54) is 12.1 Å². The number of aliphatic hydroxyl groups is 1. The molecule has 1 unspecified atom stereocenters. The molecule has 0 saturated carbocycles. The van der Waals surface area contributed by atoms with Crippen molar-refractivity contribution in [3.8, 4) is 0 Å². The van der Waals surface area contributed by atoms with Gasteiger partial charge in [0.25, 0.3) is 0 Å². The highest BCUT2D eigenvalue weighted by Crippen LogP contribution is 2.14. The normalized spacial score (nSPS) is 19.1. The molecule has 2 N–H and O–H groups in total. The number of aryl methyl sites for hydroxylation is 1. The molecule has 1 heterocycles. The van der Waals surface area contributed by atoms with Gasteiger partial charge in [-0.15, -0.1) is 0 Å². The smallest absolute Gasteiger partial charge is 0.220 e. The fourth-order valence-electron chi connectivity index (χ4n) is 2.85. The Labute approximate surface area is 131 Å². The first-order valence-electron chi connectivity index (χ1n) is 8.01. The number of hydrogen-bond acceptors (Lipinski definition) is 3. The van der Waals surface area contributed by atoms with Crippen molar-refractivity contribution in [2.24, 2.45) is 5.92 Å². The molecule has 1 fully saturated rings. The van der Waals surface area contributed by atoms with Crippen LogP contribution in [0.15, 0.2) is 24.3 Å². The van der Waals surface area contributed by atoms with Gasteiger partial charge in [-0.3, -0.25) is 4.79 Å². The van der Waals surface area contributed by atoms with Gasteiger partial charge in [-0.05, 0) is 49.4 Å². The lowest BCUT2D eigenvalue weighted by molar-refractivity contribution is -0.121. The van der Waals surface area contributed by atoms with E-state index in [1.807, 2.05) is 0 Å². The lowest BCUT2D eigenvalue weighted by Crippen LogP contribution is -2.41. The van der Waals surface area contributed by atoms with Crippen molar-refractivity contribution in [3.63, 3.8) is 0 Å². The Morgan fingerprint density at radius 1 is 1.36 bits per heavy atom. The van der Waals surface area contributed by atoms with Crippen LogP contribution in [0.2, 0.25) is 0 Å². The second-order valence-electron chi connectivity index (χ2n) is 5.97. The van der Waals surface area contributed by atoms with Crippen molar-refractivity contribution in [1.29, 1.82) is 0 Å². The molecule has 0 radical (unpaired) electrons. The van der Waals surface area contributed by atoms with E-state index in [2.05, 4.69) is 10.2 Å². The number of benzene rings is 1. The zero-order chi connectivity index (χ0) is 15.8. The van der Waals surface area contributed by atoms with Crippen molar-refractivity contribution in [3.05, 3.63) is 35.6 Å². The first-order chi connectivity index (χ1) is 10.7. The van der Waals surface area contributed by atoms with Crippen molar-refractivity contribution in [1.82, 2.24) is 10.2 Å². The maximum atomic E-state index is 12.8. The molecule has 0 aliphatic carbocycles. The molecule has 1 aliphatic heterocycles. The fourth-order valence-corrected chi connectivity index (χ4v) is 2.85. The standard InChI is InChI=1S/C17H25FN2O2/c18-16-6-3-14(4-7-16)5-8-17(22)19-9-11-20-10-1-2-15(12-20)13-21/h3-4,6-7,15,21H,1-2,5,8-13H2,(H,19,22). The number of hydrogen-bond donors (Lipinski definition) is 2. The number of nitrogens with one attached hydrogen (secondary N) is 1. The molecule has 0 spiro atoms. The molecule has 1 aliphatic rings. The molecule has 2 rings (SSSR count). The molecule has 0 bridgehead atoms. The predicted octanol–water partition coefficient (Wildman–Crippen LogP) is 1.58. The number of carbonyl (C=O) groups is 1. The first-order valence-corrected chi connectivity index (χ1v) is 8.01. The van der Waals surface area contributed by atoms with Crippen molar-refractivity contribution in [2.45, 2.75) is 25.7 Å². The topological polar surface area (TPSA) is 52.6 Å². The number of aliphatic hydroxyl groups excluding tert-OH is 1. The van der Waals surface area contributed by atoms with Crippen LogP contribution in [0, 0.1) is 11.7 Å². The Balaban J connectivity index is 1.60. The largest absolute Gasteiger partial charge is 0.396 e. The lowest BCUT2D eigenvalue weighted by Gasteiger charge is -2.31. The highest BCUT2D eigenvalue weighted by atomic mass is 19.1. The van der Waals surface area contributed by atoms with Crippen LogP contribution in [0.5, 0.6) is 0 Å². The van der Waals surface area contributed by atoms with Gasteiger partial charge in [-0.2, -0.15) is 0 Å². The van der Waals surface area contributed by atoms with Gasteiger partial charge in [-0.1, -0.05) is 12.1 Å². The van der Waals surface area contributed by atoms with E-state index in [0.29, 0.717) is 25.3 Å². The van der Waals surface area contributed by atoms with Gasteiger partial charge < -0.3 is 15.3 Å². The van der Waals surface area contributed by atoms with Crippen molar-refractivity contribution >= 4 is 5.91 Å². The number of rotatable bonds is 7. The summed E-state index contributed by atoms with van der Waals surface area (Å²) in [4.78, 5) is 14.1. The zero-order valence-electron chi connectivity index (χ0n) is 12.9. The molecule has 1 amide bonds. The average Bonchev–Trinajstić information content (AvgIpc) is 2.54. The molecule has 122 valence electrons. The van der Waals surface area contributed by atoms with Gasteiger partial charge in [0.1, 0.15) is 5.82 Å². The highest BCUT2D eigenvalue weighted by Gasteiger charge is 2.18. The van der Waals surface area contributed by atoms with Crippen LogP contribution in [0.3, 0.4) is 0 Å². The molecule has 1 aromatic carbocycles. The van der Waals surface area contributed by atoms with Gasteiger partial charge in [0.2, 0.25) is 5.91 Å². The van der Waals surface area contributed by atoms with Gasteiger partial charge in [0.05, 0.1) is 0 Å². The summed E-state index contributed by atoms with van der Waals surface area (Å²) in [6.07, 6.45) is 3.26. The zero-order valence-corrected chi connectivity index (χ0v) is 12.9. The Bertz CT molecular complexity index is 464. The molecular weight excluding hydrogens is 283 g/mol. The SMILES string of the molecule is O=C(CCc1ccc(F)cc1)NCCN1CCCC(CO)C1. The quantitative estimate of drug-likeness (QED) is 0.804. The summed E-state index contributed by atoms with van der Waals surface area (Å²) < 4.78 is 12.8. The number of amides is 1. The van der Waals surface area contributed by atoms with Crippen LogP contribution in [-0.2, 0) is 11.2 Å². The third-order valence-corrected chi connectivity index (χ3v) is 4.17. The Kier molecular flexibility index (Phi) is 6.80. The summed E-state index contributed by atoms with van der Waals surface area (Å²) in [5.74, 6) is 0.152. The minimum Gasteiger partial charge on any atom is -0.396 e. The van der Waals surface area contributed by atoms with E-state index in [4.69, 9.17) is 0 Å². The predicted molar refractivity (Wildman–Crippen MR) is 84.0 cm³/mol. The van der Waals surface area contributed by atoms with Gasteiger partial charge in [0, 0.05) is 32.7 Å². The second kappa shape index (κ2) is 8.86. The van der Waals surface area contributed by atoms with E-state index in [1.54, 1.807) is 12.1 Å². The third-order valence-electron chi connectivity index (χ3n) is 4.17. The Morgan fingerprint density at radius 3 is 2.86 bits per heavy atom. The molecule has 1 saturated heterocycles. The second-order valence-corrected chi connectivity index (χ2v) is 5.97. The van der Waals surface area contributed by atoms with Gasteiger partial charge in [-0.25, -0.2) is 4.39 Å². The van der Waals surface area contributed by atoms with Gasteiger partial charge >= 0.3 is 0 Å². The summed E-state index contributed by atoms with van der Waals surface area (Å²) in [7, 11) is 0. The Hall–Kier alpha value is -1.46. The summed E-state index contributed by atoms with van der Waals surface area (Å²) in [6.45, 7) is 3.68. The molecule has 5 heteroatoms. The molecule has 1 atom stereocenters. The fraction of sp³-hybridized carbons (Fsp3) is 0.588. The summed E-state index contributed by atoms with van der Waals surface area (Å²) in [6, 6.07) is 6.26. The molecule has 1 aromatic rings. The van der Waals surface area contributed by atoms with Gasteiger partial charge in [0.15, 0.2) is 0 Å². The minimum atomic E-state index is -0.254. The molecule has 4 nitrogen and oxygen atoms in total. The number of likely N-dealkylation sites (tertiary alicyclic amines) is 1.